The van der Waals surface area contributed by atoms with Gasteiger partial charge in [0.25, 0.3) is 0 Å². The number of methoxy groups -OCH3 is 2. The first kappa shape index (κ1) is 19.8. The minimum Gasteiger partial charge on any atom is -0.493 e. The largest absolute Gasteiger partial charge is 0.493 e. The summed E-state index contributed by atoms with van der Waals surface area (Å²) >= 11 is 0. The van der Waals surface area contributed by atoms with Crippen molar-refractivity contribution in [2.45, 2.75) is 31.8 Å². The van der Waals surface area contributed by atoms with E-state index in [0.29, 0.717) is 30.3 Å². The summed E-state index contributed by atoms with van der Waals surface area (Å²) in [4.78, 5) is 20.5. The Bertz CT molecular complexity index is 1010. The Morgan fingerprint density at radius 1 is 1.13 bits per heavy atom. The lowest BCUT2D eigenvalue weighted by Gasteiger charge is -2.24. The van der Waals surface area contributed by atoms with Crippen molar-refractivity contribution in [1.29, 1.82) is 0 Å². The second-order valence-corrected chi connectivity index (χ2v) is 7.15. The number of tetrazole rings is 1. The van der Waals surface area contributed by atoms with Crippen molar-refractivity contribution in [1.82, 2.24) is 30.1 Å². The fraction of sp³-hybridized carbons (Fsp3) is 0.381. The van der Waals surface area contributed by atoms with Crippen molar-refractivity contribution in [3.05, 3.63) is 48.3 Å². The number of rotatable bonds is 7. The molecule has 3 heterocycles. The van der Waals surface area contributed by atoms with E-state index in [9.17, 15) is 4.79 Å². The van der Waals surface area contributed by atoms with Crippen LogP contribution in [0.1, 0.15) is 18.4 Å². The standard InChI is InChI=1S/C21H24N6O3/c1-29-18-6-5-15(12-19(18)30-2)13-20(28)26-11-3-4-17(26)14-27-24-21(23-25-27)16-7-9-22-10-8-16/h5-10,12,17H,3-4,11,13-14H2,1-2H3/t17-/m1/s1. The fourth-order valence-electron chi connectivity index (χ4n) is 3.75. The van der Waals surface area contributed by atoms with E-state index in [1.54, 1.807) is 31.4 Å². The van der Waals surface area contributed by atoms with Gasteiger partial charge < -0.3 is 14.4 Å². The molecule has 1 aliphatic heterocycles. The maximum Gasteiger partial charge on any atom is 0.227 e. The van der Waals surface area contributed by atoms with E-state index in [2.05, 4.69) is 20.4 Å². The Balaban J connectivity index is 1.42. The molecule has 0 saturated carbocycles. The van der Waals surface area contributed by atoms with Crippen LogP contribution >= 0.6 is 0 Å². The van der Waals surface area contributed by atoms with Crippen LogP contribution in [0, 0.1) is 0 Å². The number of nitrogens with zero attached hydrogens (tertiary/aromatic N) is 6. The average Bonchev–Trinajstić information content (AvgIpc) is 3.44. The van der Waals surface area contributed by atoms with E-state index in [4.69, 9.17) is 9.47 Å². The lowest BCUT2D eigenvalue weighted by Crippen LogP contribution is -2.39. The maximum absolute atomic E-state index is 13.0. The van der Waals surface area contributed by atoms with Crippen LogP contribution in [0.15, 0.2) is 42.7 Å². The van der Waals surface area contributed by atoms with E-state index in [-0.39, 0.29) is 11.9 Å². The summed E-state index contributed by atoms with van der Waals surface area (Å²) in [5.74, 6) is 1.91. The molecule has 30 heavy (non-hydrogen) atoms. The van der Waals surface area contributed by atoms with Crippen molar-refractivity contribution in [2.75, 3.05) is 20.8 Å². The summed E-state index contributed by atoms with van der Waals surface area (Å²) in [6.07, 6.45) is 5.59. The molecule has 0 unspecified atom stereocenters. The van der Waals surface area contributed by atoms with Gasteiger partial charge >= 0.3 is 0 Å². The third-order valence-corrected chi connectivity index (χ3v) is 5.27. The van der Waals surface area contributed by atoms with Crippen molar-refractivity contribution < 1.29 is 14.3 Å². The van der Waals surface area contributed by atoms with E-state index in [0.717, 1.165) is 30.5 Å². The van der Waals surface area contributed by atoms with Crippen LogP contribution < -0.4 is 9.47 Å². The van der Waals surface area contributed by atoms with Crippen molar-refractivity contribution >= 4 is 5.91 Å². The highest BCUT2D eigenvalue weighted by atomic mass is 16.5. The van der Waals surface area contributed by atoms with Gasteiger partial charge in [0, 0.05) is 24.5 Å². The number of carbonyl (C=O) groups is 1. The number of aromatic nitrogens is 5. The Kier molecular flexibility index (Phi) is 5.87. The summed E-state index contributed by atoms with van der Waals surface area (Å²) in [5.41, 5.74) is 1.76. The summed E-state index contributed by atoms with van der Waals surface area (Å²) in [7, 11) is 3.18. The van der Waals surface area contributed by atoms with Gasteiger partial charge in [0.05, 0.1) is 33.2 Å². The zero-order valence-corrected chi connectivity index (χ0v) is 17.1. The first-order valence-electron chi connectivity index (χ1n) is 9.86. The molecule has 4 rings (SSSR count). The van der Waals surface area contributed by atoms with E-state index in [1.807, 2.05) is 35.2 Å². The number of hydrogen-bond acceptors (Lipinski definition) is 7. The molecule has 0 bridgehead atoms. The number of pyridine rings is 1. The number of amides is 1. The van der Waals surface area contributed by atoms with Crippen LogP contribution in [-0.2, 0) is 17.8 Å². The Morgan fingerprint density at radius 2 is 1.93 bits per heavy atom. The van der Waals surface area contributed by atoms with Crippen LogP contribution in [0.4, 0.5) is 0 Å². The summed E-state index contributed by atoms with van der Waals surface area (Å²) in [5, 5.41) is 12.8. The Hall–Kier alpha value is -3.49. The first-order chi connectivity index (χ1) is 14.7. The van der Waals surface area contributed by atoms with E-state index in [1.165, 1.54) is 0 Å². The third kappa shape index (κ3) is 4.24. The number of carbonyl (C=O) groups excluding carboxylic acids is 1. The fourth-order valence-corrected chi connectivity index (χ4v) is 3.75. The normalized spacial score (nSPS) is 15.9. The molecular formula is C21H24N6O3. The molecule has 9 nitrogen and oxygen atoms in total. The van der Waals surface area contributed by atoms with Gasteiger partial charge in [0.2, 0.25) is 11.7 Å². The highest BCUT2D eigenvalue weighted by Gasteiger charge is 2.29. The lowest BCUT2D eigenvalue weighted by atomic mass is 10.1. The zero-order chi connectivity index (χ0) is 20.9. The van der Waals surface area contributed by atoms with Gasteiger partial charge in [-0.05, 0) is 47.9 Å². The summed E-state index contributed by atoms with van der Waals surface area (Å²) < 4.78 is 10.6. The van der Waals surface area contributed by atoms with Gasteiger partial charge in [-0.3, -0.25) is 9.78 Å². The molecule has 1 fully saturated rings. The first-order valence-corrected chi connectivity index (χ1v) is 9.86. The van der Waals surface area contributed by atoms with Crippen LogP contribution in [0.3, 0.4) is 0 Å². The third-order valence-electron chi connectivity index (χ3n) is 5.27. The average molecular weight is 408 g/mol. The molecule has 1 aliphatic rings. The second kappa shape index (κ2) is 8.89. The topological polar surface area (TPSA) is 95.3 Å². The van der Waals surface area contributed by atoms with Gasteiger partial charge in [0.15, 0.2) is 11.5 Å². The molecule has 3 aromatic rings. The minimum absolute atomic E-state index is 0.0529. The molecule has 9 heteroatoms. The van der Waals surface area contributed by atoms with Gasteiger partial charge in [0.1, 0.15) is 0 Å². The summed E-state index contributed by atoms with van der Waals surface area (Å²) in [6.45, 7) is 1.26. The molecule has 1 saturated heterocycles. The van der Waals surface area contributed by atoms with Crippen LogP contribution in [0.25, 0.3) is 11.4 Å². The molecular weight excluding hydrogens is 384 g/mol. The van der Waals surface area contributed by atoms with E-state index < -0.39 is 0 Å². The predicted molar refractivity (Wildman–Crippen MR) is 109 cm³/mol. The number of hydrogen-bond donors (Lipinski definition) is 0. The van der Waals surface area contributed by atoms with Crippen LogP contribution in [0.5, 0.6) is 11.5 Å². The smallest absolute Gasteiger partial charge is 0.227 e. The highest BCUT2D eigenvalue weighted by Crippen LogP contribution is 2.28. The predicted octanol–water partition coefficient (Wildman–Crippen LogP) is 1.99. The number of ether oxygens (including phenoxy) is 2. The van der Waals surface area contributed by atoms with Gasteiger partial charge in [-0.25, -0.2) is 0 Å². The molecule has 0 aliphatic carbocycles. The van der Waals surface area contributed by atoms with Crippen LogP contribution in [0.2, 0.25) is 0 Å². The van der Waals surface area contributed by atoms with Crippen molar-refractivity contribution in [2.24, 2.45) is 0 Å². The Morgan fingerprint density at radius 3 is 2.70 bits per heavy atom. The molecule has 1 aromatic carbocycles. The SMILES string of the molecule is COc1ccc(CC(=O)N2CCC[C@@H]2Cn2nnc(-c3ccncc3)n2)cc1OC. The van der Waals surface area contributed by atoms with Gasteiger partial charge in [-0.15, -0.1) is 10.2 Å². The minimum atomic E-state index is 0.0529. The molecule has 1 amide bonds. The highest BCUT2D eigenvalue weighted by molar-refractivity contribution is 5.79. The quantitative estimate of drug-likeness (QED) is 0.590. The maximum atomic E-state index is 13.0. The van der Waals surface area contributed by atoms with Gasteiger partial charge in [-0.1, -0.05) is 6.07 Å². The number of benzene rings is 1. The molecule has 0 N–H and O–H groups in total. The molecule has 1 atom stereocenters. The Labute approximate surface area is 174 Å². The van der Waals surface area contributed by atoms with Gasteiger partial charge in [-0.2, -0.15) is 4.80 Å². The molecule has 2 aromatic heterocycles. The summed E-state index contributed by atoms with van der Waals surface area (Å²) in [6, 6.07) is 9.30. The van der Waals surface area contributed by atoms with Crippen molar-refractivity contribution in [3.63, 3.8) is 0 Å². The molecule has 0 radical (unpaired) electrons. The molecule has 156 valence electrons. The zero-order valence-electron chi connectivity index (χ0n) is 17.1. The second-order valence-electron chi connectivity index (χ2n) is 7.15. The lowest BCUT2D eigenvalue weighted by molar-refractivity contribution is -0.131. The van der Waals surface area contributed by atoms with Crippen LogP contribution in [-0.4, -0.2) is 62.8 Å². The van der Waals surface area contributed by atoms with E-state index >= 15 is 0 Å². The molecule has 0 spiro atoms. The monoisotopic (exact) mass is 408 g/mol. The van der Waals surface area contributed by atoms with Crippen molar-refractivity contribution in [3.8, 4) is 22.9 Å². The number of likely N-dealkylation sites (tertiary alicyclic amines) is 1.